The van der Waals surface area contributed by atoms with Crippen molar-refractivity contribution in [2.75, 3.05) is 5.32 Å². The van der Waals surface area contributed by atoms with E-state index in [0.29, 0.717) is 11.5 Å². The number of nitrogens with zero attached hydrogens (tertiary/aromatic N) is 3. The lowest BCUT2D eigenvalue weighted by Crippen LogP contribution is -2.31. The molecule has 7 heteroatoms. The summed E-state index contributed by atoms with van der Waals surface area (Å²) in [6, 6.07) is 11.0. The number of benzene rings is 1. The number of hydrogen-bond acceptors (Lipinski definition) is 4. The number of anilines is 1. The van der Waals surface area contributed by atoms with Crippen LogP contribution in [0.4, 0.5) is 10.6 Å². The molecule has 2 heterocycles. The largest absolute Gasteiger partial charge is 0.390 e. The van der Waals surface area contributed by atoms with Crippen LogP contribution in [0.1, 0.15) is 37.6 Å². The predicted molar refractivity (Wildman–Crippen MR) is 101 cm³/mol. The third-order valence-corrected chi connectivity index (χ3v) is 4.16. The summed E-state index contributed by atoms with van der Waals surface area (Å²) in [6.07, 6.45) is 2.66. The predicted octanol–water partition coefficient (Wildman–Crippen LogP) is 3.22. The van der Waals surface area contributed by atoms with Gasteiger partial charge in [0.2, 0.25) is 0 Å². The summed E-state index contributed by atoms with van der Waals surface area (Å²) < 4.78 is 1.83. The van der Waals surface area contributed by atoms with E-state index in [1.54, 1.807) is 12.3 Å². The maximum absolute atomic E-state index is 12.3. The minimum Gasteiger partial charge on any atom is -0.390 e. The van der Waals surface area contributed by atoms with E-state index in [1.807, 2.05) is 41.9 Å². The van der Waals surface area contributed by atoms with Crippen molar-refractivity contribution in [2.24, 2.45) is 0 Å². The van der Waals surface area contributed by atoms with Gasteiger partial charge in [0.15, 0.2) is 0 Å². The Morgan fingerprint density at radius 2 is 2.08 bits per heavy atom. The van der Waals surface area contributed by atoms with Gasteiger partial charge in [-0.1, -0.05) is 37.3 Å². The van der Waals surface area contributed by atoms with Gasteiger partial charge in [-0.25, -0.2) is 9.78 Å². The number of aliphatic hydroxyl groups excluding tert-OH is 1. The normalized spacial score (nSPS) is 12.1. The molecule has 136 valence electrons. The second-order valence-electron chi connectivity index (χ2n) is 6.15. The number of pyridine rings is 1. The smallest absolute Gasteiger partial charge is 0.320 e. The molecule has 1 atom stereocenters. The molecule has 2 amide bonds. The van der Waals surface area contributed by atoms with Crippen LogP contribution in [-0.4, -0.2) is 25.9 Å². The molecular formula is C19H23N5O2. The Bertz CT molecular complexity index is 892. The van der Waals surface area contributed by atoms with Crippen molar-refractivity contribution in [3.05, 3.63) is 53.9 Å². The Kier molecular flexibility index (Phi) is 5.48. The van der Waals surface area contributed by atoms with Crippen molar-refractivity contribution in [1.29, 1.82) is 0 Å². The quantitative estimate of drug-likeness (QED) is 0.634. The second kappa shape index (κ2) is 7.97. The number of nitrogens with one attached hydrogen (secondary N) is 2. The zero-order chi connectivity index (χ0) is 18.5. The highest BCUT2D eigenvalue weighted by atomic mass is 16.3. The molecular weight excluding hydrogens is 330 g/mol. The molecule has 0 spiro atoms. The number of amides is 2. The van der Waals surface area contributed by atoms with E-state index in [2.05, 4.69) is 27.6 Å². The highest BCUT2D eigenvalue weighted by Gasteiger charge is 2.14. The summed E-state index contributed by atoms with van der Waals surface area (Å²) in [4.78, 5) is 16.7. The van der Waals surface area contributed by atoms with Gasteiger partial charge in [-0.05, 0) is 25.0 Å². The molecule has 0 bridgehead atoms. The van der Waals surface area contributed by atoms with Crippen molar-refractivity contribution in [3.63, 3.8) is 0 Å². The van der Waals surface area contributed by atoms with Gasteiger partial charge in [0.1, 0.15) is 5.82 Å². The van der Waals surface area contributed by atoms with E-state index in [1.165, 1.54) is 0 Å². The van der Waals surface area contributed by atoms with E-state index in [0.717, 1.165) is 29.4 Å². The fourth-order valence-electron chi connectivity index (χ4n) is 2.93. The molecule has 0 aliphatic carbocycles. The number of carbonyl (C=O) groups is 1. The number of rotatable bonds is 6. The highest BCUT2D eigenvalue weighted by molar-refractivity contribution is 5.92. The van der Waals surface area contributed by atoms with Crippen LogP contribution < -0.4 is 10.6 Å². The standard InChI is InChI=1S/C19H23N5O2/c1-3-9-24-18-15(11-20-24)10-17(22-16(18)12-25)23-19(26)21-13(2)14-7-5-4-6-8-14/h4-8,10-11,13,25H,3,9,12H2,1-2H3,(H2,21,22,23,26). The van der Waals surface area contributed by atoms with E-state index < -0.39 is 0 Å². The summed E-state index contributed by atoms with van der Waals surface area (Å²) in [5, 5.41) is 20.5. The molecule has 2 aromatic heterocycles. The number of urea groups is 1. The van der Waals surface area contributed by atoms with Gasteiger partial charge in [-0.3, -0.25) is 10.00 Å². The van der Waals surface area contributed by atoms with E-state index >= 15 is 0 Å². The van der Waals surface area contributed by atoms with Gasteiger partial charge >= 0.3 is 6.03 Å². The molecule has 0 aliphatic rings. The van der Waals surface area contributed by atoms with Crippen LogP contribution in [-0.2, 0) is 13.2 Å². The third-order valence-electron chi connectivity index (χ3n) is 4.16. The Labute approximate surface area is 152 Å². The van der Waals surface area contributed by atoms with Crippen LogP contribution in [0.15, 0.2) is 42.6 Å². The molecule has 0 fully saturated rings. The van der Waals surface area contributed by atoms with Crippen LogP contribution in [0.5, 0.6) is 0 Å². The monoisotopic (exact) mass is 353 g/mol. The van der Waals surface area contributed by atoms with Crippen LogP contribution >= 0.6 is 0 Å². The number of hydrogen-bond donors (Lipinski definition) is 3. The molecule has 0 saturated carbocycles. The lowest BCUT2D eigenvalue weighted by Gasteiger charge is -2.15. The van der Waals surface area contributed by atoms with Gasteiger partial charge in [0.05, 0.1) is 30.1 Å². The Balaban J connectivity index is 1.77. The minimum absolute atomic E-state index is 0.135. The first-order valence-corrected chi connectivity index (χ1v) is 8.71. The van der Waals surface area contributed by atoms with Crippen LogP contribution in [0.25, 0.3) is 10.9 Å². The van der Waals surface area contributed by atoms with E-state index in [-0.39, 0.29) is 18.7 Å². The Morgan fingerprint density at radius 3 is 2.77 bits per heavy atom. The first kappa shape index (κ1) is 17.9. The fourth-order valence-corrected chi connectivity index (χ4v) is 2.93. The van der Waals surface area contributed by atoms with Crippen molar-refractivity contribution in [2.45, 2.75) is 39.5 Å². The molecule has 3 rings (SSSR count). The Morgan fingerprint density at radius 1 is 1.31 bits per heavy atom. The van der Waals surface area contributed by atoms with E-state index in [4.69, 9.17) is 0 Å². The summed E-state index contributed by atoms with van der Waals surface area (Å²) in [7, 11) is 0. The molecule has 3 N–H and O–H groups in total. The van der Waals surface area contributed by atoms with Crippen molar-refractivity contribution in [1.82, 2.24) is 20.1 Å². The molecule has 1 aromatic carbocycles. The maximum Gasteiger partial charge on any atom is 0.320 e. The minimum atomic E-state index is -0.349. The molecule has 1 unspecified atom stereocenters. The molecule has 26 heavy (non-hydrogen) atoms. The topological polar surface area (TPSA) is 92.1 Å². The van der Waals surface area contributed by atoms with Gasteiger partial charge in [0.25, 0.3) is 0 Å². The van der Waals surface area contributed by atoms with Crippen LogP contribution in [0.2, 0.25) is 0 Å². The highest BCUT2D eigenvalue weighted by Crippen LogP contribution is 2.22. The number of aryl methyl sites for hydroxylation is 1. The van der Waals surface area contributed by atoms with Crippen LogP contribution in [0.3, 0.4) is 0 Å². The number of aliphatic hydroxyl groups is 1. The number of carbonyl (C=O) groups excluding carboxylic acids is 1. The van der Waals surface area contributed by atoms with E-state index in [9.17, 15) is 9.90 Å². The number of aromatic nitrogens is 3. The Hall–Kier alpha value is -2.93. The van der Waals surface area contributed by atoms with Crippen LogP contribution in [0, 0.1) is 0 Å². The van der Waals surface area contributed by atoms with Gasteiger partial charge in [-0.15, -0.1) is 0 Å². The molecule has 0 radical (unpaired) electrons. The lowest BCUT2D eigenvalue weighted by atomic mass is 10.1. The molecule has 0 saturated heterocycles. The average Bonchev–Trinajstić information content (AvgIpc) is 3.05. The van der Waals surface area contributed by atoms with Gasteiger partial charge < -0.3 is 10.4 Å². The zero-order valence-corrected chi connectivity index (χ0v) is 14.9. The lowest BCUT2D eigenvalue weighted by molar-refractivity contribution is 0.249. The molecule has 7 nitrogen and oxygen atoms in total. The van der Waals surface area contributed by atoms with Crippen molar-refractivity contribution >= 4 is 22.8 Å². The first-order chi connectivity index (χ1) is 12.6. The maximum atomic E-state index is 12.3. The van der Waals surface area contributed by atoms with Gasteiger partial charge in [0, 0.05) is 11.9 Å². The fraction of sp³-hybridized carbons (Fsp3) is 0.316. The molecule has 3 aromatic rings. The van der Waals surface area contributed by atoms with Crippen molar-refractivity contribution in [3.8, 4) is 0 Å². The summed E-state index contributed by atoms with van der Waals surface area (Å²) in [6.45, 7) is 4.51. The summed E-state index contributed by atoms with van der Waals surface area (Å²) in [5.74, 6) is 0.385. The zero-order valence-electron chi connectivity index (χ0n) is 14.9. The SMILES string of the molecule is CCCn1ncc2cc(NC(=O)NC(C)c3ccccc3)nc(CO)c21. The summed E-state index contributed by atoms with van der Waals surface area (Å²) >= 11 is 0. The molecule has 0 aliphatic heterocycles. The first-order valence-electron chi connectivity index (χ1n) is 8.71. The summed E-state index contributed by atoms with van der Waals surface area (Å²) in [5.41, 5.74) is 2.32. The van der Waals surface area contributed by atoms with Gasteiger partial charge in [-0.2, -0.15) is 5.10 Å². The third kappa shape index (κ3) is 3.83. The second-order valence-corrected chi connectivity index (χ2v) is 6.15. The van der Waals surface area contributed by atoms with Crippen molar-refractivity contribution < 1.29 is 9.90 Å². The average molecular weight is 353 g/mol. The number of fused-ring (bicyclic) bond motifs is 1.